The Bertz CT molecular complexity index is 852. The summed E-state index contributed by atoms with van der Waals surface area (Å²) >= 11 is 6.17. The Hall–Kier alpha value is -2.40. The fraction of sp³-hybridized carbons (Fsp3) is 0.409. The first-order valence-electron chi connectivity index (χ1n) is 9.41. The van der Waals surface area contributed by atoms with Gasteiger partial charge in [0.15, 0.2) is 6.10 Å². The van der Waals surface area contributed by atoms with E-state index >= 15 is 0 Å². The lowest BCUT2D eigenvalue weighted by molar-refractivity contribution is -0.129. The number of hydrogen-bond donors (Lipinski definition) is 1. The second kappa shape index (κ2) is 8.31. The zero-order valence-electron chi connectivity index (χ0n) is 16.6. The van der Waals surface area contributed by atoms with E-state index in [-0.39, 0.29) is 11.9 Å². The predicted molar refractivity (Wildman–Crippen MR) is 109 cm³/mol. The highest BCUT2D eigenvalue weighted by Gasteiger charge is 2.36. The zero-order chi connectivity index (χ0) is 20.3. The minimum absolute atomic E-state index is 0.182. The number of ether oxygens (including phenoxy) is 3. The molecular formula is C22H26ClNO4. The summed E-state index contributed by atoms with van der Waals surface area (Å²) in [6.45, 7) is 5.93. The van der Waals surface area contributed by atoms with Crippen LogP contribution in [-0.2, 0) is 4.79 Å². The van der Waals surface area contributed by atoms with E-state index < -0.39 is 11.7 Å². The number of amides is 1. The van der Waals surface area contributed by atoms with Crippen LogP contribution in [0.25, 0.3) is 0 Å². The van der Waals surface area contributed by atoms with Crippen molar-refractivity contribution in [3.63, 3.8) is 0 Å². The molecule has 0 bridgehead atoms. The van der Waals surface area contributed by atoms with Crippen LogP contribution in [-0.4, -0.2) is 24.7 Å². The van der Waals surface area contributed by atoms with E-state index in [1.165, 1.54) is 0 Å². The van der Waals surface area contributed by atoms with Crippen LogP contribution in [0.4, 0.5) is 0 Å². The molecule has 2 aromatic rings. The molecule has 1 heterocycles. The highest BCUT2D eigenvalue weighted by Crippen LogP contribution is 2.41. The molecule has 2 atom stereocenters. The first-order valence-corrected chi connectivity index (χ1v) is 9.79. The van der Waals surface area contributed by atoms with Crippen molar-refractivity contribution in [1.82, 2.24) is 5.32 Å². The topological polar surface area (TPSA) is 56.8 Å². The van der Waals surface area contributed by atoms with E-state index in [2.05, 4.69) is 5.32 Å². The second-order valence-corrected chi connectivity index (χ2v) is 7.88. The number of halogens is 1. The molecule has 0 aromatic heterocycles. The quantitative estimate of drug-likeness (QED) is 0.743. The van der Waals surface area contributed by atoms with Crippen LogP contribution < -0.4 is 19.5 Å². The highest BCUT2D eigenvalue weighted by atomic mass is 35.5. The highest BCUT2D eigenvalue weighted by molar-refractivity contribution is 6.32. The molecule has 0 radical (unpaired) electrons. The monoisotopic (exact) mass is 403 g/mol. The van der Waals surface area contributed by atoms with Crippen LogP contribution in [0.2, 0.25) is 5.02 Å². The fourth-order valence-corrected chi connectivity index (χ4v) is 3.55. The van der Waals surface area contributed by atoms with Crippen molar-refractivity contribution in [3.8, 4) is 17.2 Å². The summed E-state index contributed by atoms with van der Waals surface area (Å²) in [7, 11) is 1.62. The Morgan fingerprint density at radius 3 is 2.75 bits per heavy atom. The largest absolute Gasteiger partial charge is 0.497 e. The van der Waals surface area contributed by atoms with Crippen LogP contribution in [0.1, 0.15) is 45.2 Å². The van der Waals surface area contributed by atoms with Crippen LogP contribution in [0.15, 0.2) is 42.5 Å². The number of nitrogens with one attached hydrogen (secondary N) is 1. The summed E-state index contributed by atoms with van der Waals surface area (Å²) < 4.78 is 17.3. The molecule has 1 aliphatic heterocycles. The van der Waals surface area contributed by atoms with Gasteiger partial charge in [0.05, 0.1) is 18.2 Å². The maximum absolute atomic E-state index is 13.0. The standard InChI is InChI=1S/C22H26ClNO4/c1-5-18(27-20-9-7-6-8-16(20)23)21(25)24-17-13-22(2,3)28-19-11-10-14(26-4)12-15(17)19/h6-12,17-18H,5,13H2,1-4H3,(H,24,25)/t17-,18-/m1/s1. The number of methoxy groups -OCH3 is 1. The van der Waals surface area contributed by atoms with Gasteiger partial charge in [-0.05, 0) is 50.6 Å². The number of carbonyl (C=O) groups excluding carboxylic acids is 1. The van der Waals surface area contributed by atoms with Crippen molar-refractivity contribution >= 4 is 17.5 Å². The molecule has 0 aliphatic carbocycles. The molecule has 0 fully saturated rings. The second-order valence-electron chi connectivity index (χ2n) is 7.48. The first-order chi connectivity index (χ1) is 13.3. The molecular weight excluding hydrogens is 378 g/mol. The van der Waals surface area contributed by atoms with E-state index in [0.717, 1.165) is 17.1 Å². The van der Waals surface area contributed by atoms with Crippen molar-refractivity contribution in [3.05, 3.63) is 53.1 Å². The number of benzene rings is 2. The summed E-state index contributed by atoms with van der Waals surface area (Å²) in [6, 6.07) is 12.6. The van der Waals surface area contributed by atoms with Gasteiger partial charge in [0, 0.05) is 12.0 Å². The molecule has 28 heavy (non-hydrogen) atoms. The molecule has 3 rings (SSSR count). The molecule has 5 nitrogen and oxygen atoms in total. The van der Waals surface area contributed by atoms with Crippen molar-refractivity contribution in [1.29, 1.82) is 0 Å². The minimum Gasteiger partial charge on any atom is -0.497 e. The van der Waals surface area contributed by atoms with E-state index in [9.17, 15) is 4.79 Å². The lowest BCUT2D eigenvalue weighted by Crippen LogP contribution is -2.45. The van der Waals surface area contributed by atoms with Gasteiger partial charge in [-0.3, -0.25) is 4.79 Å². The molecule has 150 valence electrons. The van der Waals surface area contributed by atoms with Gasteiger partial charge in [-0.1, -0.05) is 30.7 Å². The molecule has 1 N–H and O–H groups in total. The average Bonchev–Trinajstić information content (AvgIpc) is 2.66. The molecule has 6 heteroatoms. The lowest BCUT2D eigenvalue weighted by atomic mass is 9.89. The number of carbonyl (C=O) groups is 1. The van der Waals surface area contributed by atoms with Gasteiger partial charge in [-0.15, -0.1) is 0 Å². The Labute approximate surface area is 170 Å². The van der Waals surface area contributed by atoms with Gasteiger partial charge in [0.1, 0.15) is 22.8 Å². The average molecular weight is 404 g/mol. The predicted octanol–water partition coefficient (Wildman–Crippen LogP) is 4.92. The number of hydrogen-bond acceptors (Lipinski definition) is 4. The summed E-state index contributed by atoms with van der Waals surface area (Å²) in [6.07, 6.45) is 0.524. The van der Waals surface area contributed by atoms with Gasteiger partial charge in [0.25, 0.3) is 5.91 Å². The van der Waals surface area contributed by atoms with Gasteiger partial charge in [-0.25, -0.2) is 0 Å². The van der Waals surface area contributed by atoms with Crippen LogP contribution >= 0.6 is 11.6 Å². The van der Waals surface area contributed by atoms with Gasteiger partial charge < -0.3 is 19.5 Å². The van der Waals surface area contributed by atoms with E-state index in [1.54, 1.807) is 19.2 Å². The molecule has 0 saturated heterocycles. The third-order valence-corrected chi connectivity index (χ3v) is 5.07. The Kier molecular flexibility index (Phi) is 6.04. The molecule has 1 aliphatic rings. The van der Waals surface area contributed by atoms with Gasteiger partial charge in [-0.2, -0.15) is 0 Å². The van der Waals surface area contributed by atoms with Crippen molar-refractivity contribution < 1.29 is 19.0 Å². The van der Waals surface area contributed by atoms with Crippen LogP contribution in [0.5, 0.6) is 17.2 Å². The lowest BCUT2D eigenvalue weighted by Gasteiger charge is -2.38. The molecule has 0 saturated carbocycles. The van der Waals surface area contributed by atoms with Crippen molar-refractivity contribution in [2.75, 3.05) is 7.11 Å². The maximum atomic E-state index is 13.0. The number of para-hydroxylation sites is 1. The van der Waals surface area contributed by atoms with Crippen LogP contribution in [0, 0.1) is 0 Å². The molecule has 1 amide bonds. The minimum atomic E-state index is -0.639. The Balaban J connectivity index is 1.81. The molecule has 0 unspecified atom stereocenters. The summed E-state index contributed by atoms with van der Waals surface area (Å²) in [5, 5.41) is 3.61. The molecule has 0 spiro atoms. The Morgan fingerprint density at radius 2 is 2.07 bits per heavy atom. The summed E-state index contributed by atoms with van der Waals surface area (Å²) in [5.74, 6) is 1.79. The fourth-order valence-electron chi connectivity index (χ4n) is 3.37. The van der Waals surface area contributed by atoms with Gasteiger partial charge >= 0.3 is 0 Å². The van der Waals surface area contributed by atoms with Crippen LogP contribution in [0.3, 0.4) is 0 Å². The normalized spacial score (nSPS) is 18.4. The third kappa shape index (κ3) is 4.53. The smallest absolute Gasteiger partial charge is 0.261 e. The summed E-state index contributed by atoms with van der Waals surface area (Å²) in [5.41, 5.74) is 0.504. The summed E-state index contributed by atoms with van der Waals surface area (Å²) in [4.78, 5) is 13.0. The zero-order valence-corrected chi connectivity index (χ0v) is 17.4. The number of rotatable bonds is 6. The van der Waals surface area contributed by atoms with Gasteiger partial charge in [0.2, 0.25) is 0 Å². The number of fused-ring (bicyclic) bond motifs is 1. The first kappa shape index (κ1) is 20.3. The Morgan fingerprint density at radius 1 is 1.32 bits per heavy atom. The van der Waals surface area contributed by atoms with Crippen molar-refractivity contribution in [2.24, 2.45) is 0 Å². The third-order valence-electron chi connectivity index (χ3n) is 4.76. The van der Waals surface area contributed by atoms with E-state index in [4.69, 9.17) is 25.8 Å². The maximum Gasteiger partial charge on any atom is 0.261 e. The van der Waals surface area contributed by atoms with E-state index in [0.29, 0.717) is 23.6 Å². The SMILES string of the molecule is CC[C@@H](Oc1ccccc1Cl)C(=O)N[C@@H]1CC(C)(C)Oc2ccc(OC)cc21. The van der Waals surface area contributed by atoms with E-state index in [1.807, 2.05) is 51.1 Å². The molecule has 2 aromatic carbocycles. The van der Waals surface area contributed by atoms with Crippen molar-refractivity contribution in [2.45, 2.75) is 51.4 Å².